The molecule has 0 radical (unpaired) electrons. The summed E-state index contributed by atoms with van der Waals surface area (Å²) in [5, 5.41) is 12.9. The molecule has 1 fully saturated rings. The Balaban J connectivity index is 2.40. The average Bonchev–Trinajstić information content (AvgIpc) is 2.94. The smallest absolute Gasteiger partial charge is 0.333 e. The third-order valence-electron chi connectivity index (χ3n) is 4.00. The van der Waals surface area contributed by atoms with E-state index in [1.54, 1.807) is 6.92 Å². The number of aliphatic hydroxyl groups is 1. The summed E-state index contributed by atoms with van der Waals surface area (Å²) < 4.78 is 8.18. The SMILES string of the molecule is CCCCn1c(=O)c(C)cn([C@H]2CC(N=[N+]=[N-])[C@@H](CO)O2)c1=O. The van der Waals surface area contributed by atoms with Crippen LogP contribution < -0.4 is 11.2 Å². The fraction of sp³-hybridized carbons (Fsp3) is 0.714. The van der Waals surface area contributed by atoms with Gasteiger partial charge in [0.05, 0.1) is 18.8 Å². The van der Waals surface area contributed by atoms with Crippen molar-refractivity contribution in [1.82, 2.24) is 9.13 Å². The van der Waals surface area contributed by atoms with Gasteiger partial charge < -0.3 is 9.84 Å². The predicted molar refractivity (Wildman–Crippen MR) is 83.2 cm³/mol. The molecule has 3 atom stereocenters. The van der Waals surface area contributed by atoms with E-state index in [2.05, 4.69) is 10.0 Å². The highest BCUT2D eigenvalue weighted by Gasteiger charge is 2.36. The maximum absolute atomic E-state index is 12.6. The van der Waals surface area contributed by atoms with Gasteiger partial charge in [0.25, 0.3) is 5.56 Å². The lowest BCUT2D eigenvalue weighted by Crippen LogP contribution is -2.42. The number of rotatable bonds is 6. The van der Waals surface area contributed by atoms with E-state index < -0.39 is 24.1 Å². The van der Waals surface area contributed by atoms with Crippen LogP contribution in [0.15, 0.2) is 20.9 Å². The predicted octanol–water partition coefficient (Wildman–Crippen LogP) is 1.08. The fourth-order valence-corrected chi connectivity index (χ4v) is 2.72. The van der Waals surface area contributed by atoms with Crippen LogP contribution in [0.4, 0.5) is 0 Å². The fourth-order valence-electron chi connectivity index (χ4n) is 2.72. The van der Waals surface area contributed by atoms with Crippen LogP contribution in [0.25, 0.3) is 10.4 Å². The maximum Gasteiger partial charge on any atom is 0.333 e. The quantitative estimate of drug-likeness (QED) is 0.478. The molecule has 0 amide bonds. The number of nitrogens with zero attached hydrogens (tertiary/aromatic N) is 5. The van der Waals surface area contributed by atoms with Crippen molar-refractivity contribution in [3.8, 4) is 0 Å². The van der Waals surface area contributed by atoms with Crippen LogP contribution in [0.5, 0.6) is 0 Å². The van der Waals surface area contributed by atoms with Gasteiger partial charge in [0.15, 0.2) is 0 Å². The van der Waals surface area contributed by atoms with Gasteiger partial charge in [0.2, 0.25) is 0 Å². The van der Waals surface area contributed by atoms with Crippen molar-refractivity contribution in [3.63, 3.8) is 0 Å². The molecule has 2 heterocycles. The van der Waals surface area contributed by atoms with Crippen molar-refractivity contribution in [2.45, 2.75) is 58.0 Å². The van der Waals surface area contributed by atoms with Gasteiger partial charge in [-0.25, -0.2) is 4.79 Å². The first kappa shape index (κ1) is 17.3. The van der Waals surface area contributed by atoms with Crippen LogP contribution in [0.2, 0.25) is 0 Å². The number of aliphatic hydroxyl groups excluding tert-OH is 1. The van der Waals surface area contributed by atoms with E-state index in [4.69, 9.17) is 10.3 Å². The van der Waals surface area contributed by atoms with Gasteiger partial charge in [0, 0.05) is 29.6 Å². The third kappa shape index (κ3) is 3.47. The van der Waals surface area contributed by atoms with E-state index in [9.17, 15) is 14.7 Å². The Hall–Kier alpha value is -2.09. The van der Waals surface area contributed by atoms with E-state index in [0.717, 1.165) is 12.8 Å². The Morgan fingerprint density at radius 3 is 2.87 bits per heavy atom. The molecule has 1 N–H and O–H groups in total. The zero-order valence-corrected chi connectivity index (χ0v) is 13.3. The highest BCUT2D eigenvalue weighted by molar-refractivity contribution is 5.04. The second kappa shape index (κ2) is 7.45. The second-order valence-corrected chi connectivity index (χ2v) is 5.63. The number of hydrogen-bond acceptors (Lipinski definition) is 5. The summed E-state index contributed by atoms with van der Waals surface area (Å²) in [5.41, 5.74) is 8.27. The van der Waals surface area contributed by atoms with Crippen LogP contribution in [0, 0.1) is 6.92 Å². The molecule has 0 aromatic carbocycles. The van der Waals surface area contributed by atoms with Crippen molar-refractivity contribution < 1.29 is 9.84 Å². The molecule has 9 nitrogen and oxygen atoms in total. The summed E-state index contributed by atoms with van der Waals surface area (Å²) in [4.78, 5) is 27.5. The molecule has 1 unspecified atom stereocenters. The summed E-state index contributed by atoms with van der Waals surface area (Å²) in [6.45, 7) is 3.68. The largest absolute Gasteiger partial charge is 0.394 e. The Labute approximate surface area is 132 Å². The maximum atomic E-state index is 12.6. The highest BCUT2D eigenvalue weighted by Crippen LogP contribution is 2.29. The lowest BCUT2D eigenvalue weighted by molar-refractivity contribution is -0.0277. The van der Waals surface area contributed by atoms with Crippen LogP contribution in [-0.2, 0) is 11.3 Å². The molecule has 0 spiro atoms. The van der Waals surface area contributed by atoms with E-state index in [1.165, 1.54) is 15.3 Å². The average molecular weight is 323 g/mol. The summed E-state index contributed by atoms with van der Waals surface area (Å²) >= 11 is 0. The summed E-state index contributed by atoms with van der Waals surface area (Å²) in [5.74, 6) is 0. The number of unbranched alkanes of at least 4 members (excludes halogenated alkanes) is 1. The van der Waals surface area contributed by atoms with Crippen molar-refractivity contribution in [3.05, 3.63) is 43.0 Å². The van der Waals surface area contributed by atoms with Gasteiger partial charge in [0.1, 0.15) is 6.23 Å². The van der Waals surface area contributed by atoms with Gasteiger partial charge in [-0.1, -0.05) is 18.5 Å². The number of azide groups is 1. The molecule has 1 saturated heterocycles. The summed E-state index contributed by atoms with van der Waals surface area (Å²) in [6, 6.07) is -0.543. The number of hydrogen-bond donors (Lipinski definition) is 1. The summed E-state index contributed by atoms with van der Waals surface area (Å²) in [6.07, 6.45) is 2.02. The van der Waals surface area contributed by atoms with Gasteiger partial charge in [-0.2, -0.15) is 0 Å². The van der Waals surface area contributed by atoms with Gasteiger partial charge in [-0.15, -0.1) is 0 Å². The molecule has 0 saturated carbocycles. The van der Waals surface area contributed by atoms with Gasteiger partial charge in [-0.3, -0.25) is 13.9 Å². The molecule has 1 aliphatic rings. The normalized spacial score (nSPS) is 23.7. The van der Waals surface area contributed by atoms with E-state index in [-0.39, 0.29) is 18.6 Å². The molecule has 1 aliphatic heterocycles. The Morgan fingerprint density at radius 2 is 2.26 bits per heavy atom. The number of aryl methyl sites for hydroxylation is 1. The van der Waals surface area contributed by atoms with Crippen molar-refractivity contribution in [2.24, 2.45) is 5.11 Å². The Kier molecular flexibility index (Phi) is 5.59. The Morgan fingerprint density at radius 1 is 1.52 bits per heavy atom. The number of ether oxygens (including phenoxy) is 1. The summed E-state index contributed by atoms with van der Waals surface area (Å²) in [7, 11) is 0. The first-order chi connectivity index (χ1) is 11.0. The second-order valence-electron chi connectivity index (χ2n) is 5.63. The first-order valence-electron chi connectivity index (χ1n) is 7.66. The van der Waals surface area contributed by atoms with Gasteiger partial charge in [-0.05, 0) is 18.9 Å². The molecular weight excluding hydrogens is 302 g/mol. The Bertz CT molecular complexity index is 719. The monoisotopic (exact) mass is 323 g/mol. The first-order valence-corrected chi connectivity index (χ1v) is 7.66. The third-order valence-corrected chi connectivity index (χ3v) is 4.00. The minimum absolute atomic E-state index is 0.278. The van der Waals surface area contributed by atoms with Crippen LogP contribution in [0.1, 0.15) is 38.0 Å². The van der Waals surface area contributed by atoms with E-state index in [1.807, 2.05) is 6.92 Å². The molecule has 2 rings (SSSR count). The lowest BCUT2D eigenvalue weighted by atomic mass is 10.1. The molecule has 126 valence electrons. The molecule has 9 heteroatoms. The molecule has 1 aromatic rings. The molecule has 0 aliphatic carbocycles. The topological polar surface area (TPSA) is 122 Å². The minimum atomic E-state index is -0.665. The highest BCUT2D eigenvalue weighted by atomic mass is 16.5. The van der Waals surface area contributed by atoms with E-state index in [0.29, 0.717) is 12.1 Å². The van der Waals surface area contributed by atoms with Crippen molar-refractivity contribution in [2.75, 3.05) is 6.61 Å². The lowest BCUT2D eigenvalue weighted by Gasteiger charge is -2.17. The zero-order chi connectivity index (χ0) is 17.0. The molecule has 1 aromatic heterocycles. The van der Waals surface area contributed by atoms with Crippen molar-refractivity contribution in [1.29, 1.82) is 0 Å². The molecular formula is C14H21N5O4. The van der Waals surface area contributed by atoms with Gasteiger partial charge >= 0.3 is 5.69 Å². The zero-order valence-electron chi connectivity index (χ0n) is 13.3. The minimum Gasteiger partial charge on any atom is -0.394 e. The molecule has 23 heavy (non-hydrogen) atoms. The van der Waals surface area contributed by atoms with Crippen LogP contribution in [0.3, 0.4) is 0 Å². The van der Waals surface area contributed by atoms with Crippen LogP contribution >= 0.6 is 0 Å². The van der Waals surface area contributed by atoms with Crippen LogP contribution in [-0.4, -0.2) is 33.0 Å². The standard InChI is InChI=1S/C14H21N5O4/c1-3-4-5-18-13(21)9(2)7-19(14(18)22)12-6-10(16-17-15)11(8-20)23-12/h7,10-12,20H,3-6,8H2,1-2H3/t10?,11-,12-/m1/s1. The van der Waals surface area contributed by atoms with E-state index >= 15 is 0 Å². The van der Waals surface area contributed by atoms with Crippen molar-refractivity contribution >= 4 is 0 Å². The number of aromatic nitrogens is 2. The molecule has 0 bridgehead atoms.